The molecule has 0 radical (unpaired) electrons. The quantitative estimate of drug-likeness (QED) is 0.735. The van der Waals surface area contributed by atoms with Crippen LogP contribution in [0, 0.1) is 0 Å². The van der Waals surface area contributed by atoms with Gasteiger partial charge in [0.2, 0.25) is 5.95 Å². The van der Waals surface area contributed by atoms with Crippen molar-refractivity contribution in [2.45, 2.75) is 6.42 Å². The lowest BCUT2D eigenvalue weighted by Gasteiger charge is -2.04. The van der Waals surface area contributed by atoms with Crippen LogP contribution < -0.4 is 10.1 Å². The molecule has 4 rings (SSSR count). The zero-order valence-electron chi connectivity index (χ0n) is 10.3. The number of fused-ring (bicyclic) bond motifs is 2. The van der Waals surface area contributed by atoms with Crippen LogP contribution in [-0.4, -0.2) is 16.6 Å². The monoisotopic (exact) mass is 251 g/mol. The molecule has 4 nitrogen and oxygen atoms in total. The van der Waals surface area contributed by atoms with Gasteiger partial charge in [-0.3, -0.25) is 0 Å². The number of nitrogens with zero attached hydrogens (tertiary/aromatic N) is 1. The van der Waals surface area contributed by atoms with Crippen LogP contribution in [0.2, 0.25) is 0 Å². The molecule has 0 spiro atoms. The topological polar surface area (TPSA) is 49.9 Å². The van der Waals surface area contributed by atoms with E-state index in [1.165, 1.54) is 5.56 Å². The minimum absolute atomic E-state index is 0.764. The van der Waals surface area contributed by atoms with Crippen molar-refractivity contribution >= 4 is 22.7 Å². The molecule has 2 N–H and O–H groups in total. The number of ether oxygens (including phenoxy) is 1. The smallest absolute Gasteiger partial charge is 0.205 e. The standard InChI is InChI=1S/C15H13N3O/c1-2-4-13-12(3-1)17-15(18-13)16-11-5-6-14-10(9-11)7-8-19-14/h1-6,9H,7-8H2,(H2,16,17,18). The van der Waals surface area contributed by atoms with Crippen LogP contribution in [0.1, 0.15) is 5.56 Å². The molecule has 0 amide bonds. The number of para-hydroxylation sites is 2. The third-order valence-corrected chi connectivity index (χ3v) is 3.34. The van der Waals surface area contributed by atoms with E-state index in [-0.39, 0.29) is 0 Å². The van der Waals surface area contributed by atoms with Crippen molar-refractivity contribution in [1.82, 2.24) is 9.97 Å². The number of imidazole rings is 1. The van der Waals surface area contributed by atoms with E-state index in [2.05, 4.69) is 21.4 Å². The molecule has 0 unspecified atom stereocenters. The fourth-order valence-corrected chi connectivity index (χ4v) is 2.41. The molecule has 3 aromatic rings. The fraction of sp³-hybridized carbons (Fsp3) is 0.133. The summed E-state index contributed by atoms with van der Waals surface area (Å²) >= 11 is 0. The van der Waals surface area contributed by atoms with Gasteiger partial charge < -0.3 is 15.0 Å². The molecule has 19 heavy (non-hydrogen) atoms. The summed E-state index contributed by atoms with van der Waals surface area (Å²) in [6, 6.07) is 14.1. The summed E-state index contributed by atoms with van der Waals surface area (Å²) in [5.74, 6) is 1.76. The van der Waals surface area contributed by atoms with Crippen molar-refractivity contribution < 1.29 is 4.74 Å². The van der Waals surface area contributed by atoms with Crippen LogP contribution >= 0.6 is 0 Å². The molecule has 0 saturated carbocycles. The average molecular weight is 251 g/mol. The molecule has 1 aliphatic rings. The Labute approximate surface area is 110 Å². The van der Waals surface area contributed by atoms with Crippen LogP contribution in [0.3, 0.4) is 0 Å². The molecular weight excluding hydrogens is 238 g/mol. The number of hydrogen-bond donors (Lipinski definition) is 2. The molecule has 0 aliphatic carbocycles. The van der Waals surface area contributed by atoms with Gasteiger partial charge in [0, 0.05) is 12.1 Å². The van der Waals surface area contributed by atoms with Crippen molar-refractivity contribution in [3.8, 4) is 5.75 Å². The Morgan fingerprint density at radius 3 is 3.05 bits per heavy atom. The maximum Gasteiger partial charge on any atom is 0.205 e. The van der Waals surface area contributed by atoms with Crippen molar-refractivity contribution in [2.75, 3.05) is 11.9 Å². The van der Waals surface area contributed by atoms with Crippen LogP contribution in [0.4, 0.5) is 11.6 Å². The third-order valence-electron chi connectivity index (χ3n) is 3.34. The molecule has 2 aromatic carbocycles. The van der Waals surface area contributed by atoms with E-state index in [4.69, 9.17) is 4.74 Å². The summed E-state index contributed by atoms with van der Waals surface area (Å²) < 4.78 is 5.50. The maximum absolute atomic E-state index is 5.50. The van der Waals surface area contributed by atoms with Gasteiger partial charge in [0.25, 0.3) is 0 Å². The van der Waals surface area contributed by atoms with Crippen LogP contribution in [-0.2, 0) is 6.42 Å². The predicted octanol–water partition coefficient (Wildman–Crippen LogP) is 3.24. The molecule has 94 valence electrons. The number of rotatable bonds is 2. The molecule has 0 bridgehead atoms. The summed E-state index contributed by atoms with van der Waals surface area (Å²) in [7, 11) is 0. The number of aromatic nitrogens is 2. The molecule has 0 saturated heterocycles. The van der Waals surface area contributed by atoms with Gasteiger partial charge >= 0.3 is 0 Å². The Bertz CT molecular complexity index is 715. The second-order valence-corrected chi connectivity index (χ2v) is 4.65. The summed E-state index contributed by atoms with van der Waals surface area (Å²) in [6.07, 6.45) is 0.977. The number of hydrogen-bond acceptors (Lipinski definition) is 3. The van der Waals surface area contributed by atoms with Gasteiger partial charge in [-0.2, -0.15) is 0 Å². The van der Waals surface area contributed by atoms with E-state index in [1.807, 2.05) is 36.4 Å². The van der Waals surface area contributed by atoms with E-state index in [0.717, 1.165) is 41.4 Å². The van der Waals surface area contributed by atoms with E-state index in [1.54, 1.807) is 0 Å². The minimum atomic E-state index is 0.764. The van der Waals surface area contributed by atoms with E-state index < -0.39 is 0 Å². The summed E-state index contributed by atoms with van der Waals surface area (Å²) in [5, 5.41) is 3.30. The number of H-pyrrole nitrogens is 1. The van der Waals surface area contributed by atoms with Gasteiger partial charge in [-0.1, -0.05) is 12.1 Å². The van der Waals surface area contributed by atoms with Crippen molar-refractivity contribution in [2.24, 2.45) is 0 Å². The lowest BCUT2D eigenvalue weighted by atomic mass is 10.1. The molecule has 0 atom stereocenters. The molecule has 1 aromatic heterocycles. The zero-order chi connectivity index (χ0) is 12.7. The molecule has 4 heteroatoms. The van der Waals surface area contributed by atoms with Gasteiger partial charge in [0.05, 0.1) is 17.6 Å². The normalized spacial score (nSPS) is 13.3. The van der Waals surface area contributed by atoms with Gasteiger partial charge in [-0.15, -0.1) is 0 Å². The molecule has 1 aliphatic heterocycles. The summed E-state index contributed by atoms with van der Waals surface area (Å²) in [6.45, 7) is 0.781. The summed E-state index contributed by atoms with van der Waals surface area (Å²) in [4.78, 5) is 7.76. The van der Waals surface area contributed by atoms with E-state index in [9.17, 15) is 0 Å². The van der Waals surface area contributed by atoms with Crippen molar-refractivity contribution in [1.29, 1.82) is 0 Å². The Morgan fingerprint density at radius 1 is 1.16 bits per heavy atom. The molecular formula is C15H13N3O. The highest BCUT2D eigenvalue weighted by atomic mass is 16.5. The van der Waals surface area contributed by atoms with Crippen LogP contribution in [0.5, 0.6) is 5.75 Å². The number of anilines is 2. The number of aromatic amines is 1. The first kappa shape index (κ1) is 10.4. The Balaban J connectivity index is 1.67. The molecule has 2 heterocycles. The van der Waals surface area contributed by atoms with Crippen molar-refractivity contribution in [3.05, 3.63) is 48.0 Å². The van der Waals surface area contributed by atoms with E-state index in [0.29, 0.717) is 0 Å². The largest absolute Gasteiger partial charge is 0.493 e. The lowest BCUT2D eigenvalue weighted by molar-refractivity contribution is 0.357. The van der Waals surface area contributed by atoms with Gasteiger partial charge in [0.1, 0.15) is 5.75 Å². The summed E-state index contributed by atoms with van der Waals surface area (Å²) in [5.41, 5.74) is 4.29. The minimum Gasteiger partial charge on any atom is -0.493 e. The Kier molecular flexibility index (Phi) is 2.21. The van der Waals surface area contributed by atoms with Gasteiger partial charge in [-0.25, -0.2) is 4.98 Å². The zero-order valence-corrected chi connectivity index (χ0v) is 10.3. The third kappa shape index (κ3) is 1.81. The van der Waals surface area contributed by atoms with Crippen molar-refractivity contribution in [3.63, 3.8) is 0 Å². The first-order valence-electron chi connectivity index (χ1n) is 6.36. The highest BCUT2D eigenvalue weighted by molar-refractivity contribution is 5.78. The van der Waals surface area contributed by atoms with Crippen LogP contribution in [0.15, 0.2) is 42.5 Å². The maximum atomic E-state index is 5.50. The Hall–Kier alpha value is -2.49. The lowest BCUT2D eigenvalue weighted by Crippen LogP contribution is -1.92. The van der Waals surface area contributed by atoms with Gasteiger partial charge in [0.15, 0.2) is 0 Å². The Morgan fingerprint density at radius 2 is 2.11 bits per heavy atom. The first-order valence-corrected chi connectivity index (χ1v) is 6.36. The highest BCUT2D eigenvalue weighted by Crippen LogP contribution is 2.29. The first-order chi connectivity index (χ1) is 9.38. The second-order valence-electron chi connectivity index (χ2n) is 4.65. The van der Waals surface area contributed by atoms with E-state index >= 15 is 0 Å². The SMILES string of the molecule is c1ccc2[nH]c(Nc3ccc4c(c3)CCO4)nc2c1. The fourth-order valence-electron chi connectivity index (χ4n) is 2.41. The van der Waals surface area contributed by atoms with Crippen LogP contribution in [0.25, 0.3) is 11.0 Å². The second kappa shape index (κ2) is 4.02. The predicted molar refractivity (Wildman–Crippen MR) is 75.0 cm³/mol. The number of nitrogens with one attached hydrogen (secondary N) is 2. The molecule has 0 fully saturated rings. The van der Waals surface area contributed by atoms with Gasteiger partial charge in [-0.05, 0) is 35.9 Å². The highest BCUT2D eigenvalue weighted by Gasteiger charge is 2.12. The number of benzene rings is 2. The average Bonchev–Trinajstić information content (AvgIpc) is 3.03.